The largest absolute Gasteiger partial charge is 0.481 e. The van der Waals surface area contributed by atoms with E-state index in [4.69, 9.17) is 11.2 Å². The first-order valence-electron chi connectivity index (χ1n) is 7.76. The summed E-state index contributed by atoms with van der Waals surface area (Å²) in [6, 6.07) is 6.03. The maximum absolute atomic E-state index is 5.59. The van der Waals surface area contributed by atoms with E-state index in [1.165, 1.54) is 25.7 Å². The second kappa shape index (κ2) is 10.7. The molecule has 1 aromatic rings. The van der Waals surface area contributed by atoms with Crippen molar-refractivity contribution in [1.82, 2.24) is 5.32 Å². The molecule has 0 aliphatic carbocycles. The Morgan fingerprint density at radius 3 is 2.86 bits per heavy atom. The summed E-state index contributed by atoms with van der Waals surface area (Å²) in [4.78, 5) is 0. The van der Waals surface area contributed by atoms with Gasteiger partial charge >= 0.3 is 0 Å². The normalized spacial score (nSPS) is 11.9. The summed E-state index contributed by atoms with van der Waals surface area (Å²) in [6.07, 6.45) is 10.4. The zero-order valence-corrected chi connectivity index (χ0v) is 14.7. The van der Waals surface area contributed by atoms with E-state index in [1.54, 1.807) is 0 Å². The molecule has 21 heavy (non-hydrogen) atoms. The van der Waals surface area contributed by atoms with Crippen LogP contribution in [-0.2, 0) is 6.54 Å². The standard InChI is InChI=1S/C18H26BrNO/c1-4-7-8-15(6-3)13-20-14-16-12-17(19)9-10-18(16)21-11-5-2/h2,9-10,12,15,20H,4,6-8,11,13-14H2,1,3H3. The van der Waals surface area contributed by atoms with Gasteiger partial charge < -0.3 is 10.1 Å². The molecule has 0 aliphatic rings. The second-order valence-corrected chi connectivity index (χ2v) is 6.21. The highest BCUT2D eigenvalue weighted by Gasteiger charge is 2.08. The highest BCUT2D eigenvalue weighted by Crippen LogP contribution is 2.23. The van der Waals surface area contributed by atoms with Crippen molar-refractivity contribution in [3.8, 4) is 18.1 Å². The summed E-state index contributed by atoms with van der Waals surface area (Å²) in [7, 11) is 0. The Hall–Kier alpha value is -0.980. The molecule has 1 unspecified atom stereocenters. The number of rotatable bonds is 10. The van der Waals surface area contributed by atoms with Crippen LogP contribution in [0.5, 0.6) is 5.75 Å². The molecule has 1 rings (SSSR count). The molecule has 0 saturated carbocycles. The van der Waals surface area contributed by atoms with Crippen molar-refractivity contribution < 1.29 is 4.74 Å². The number of halogens is 1. The highest BCUT2D eigenvalue weighted by atomic mass is 79.9. The summed E-state index contributed by atoms with van der Waals surface area (Å²) >= 11 is 3.51. The molecule has 1 atom stereocenters. The quantitative estimate of drug-likeness (QED) is 0.613. The number of benzene rings is 1. The molecule has 3 heteroatoms. The van der Waals surface area contributed by atoms with Gasteiger partial charge in [0.15, 0.2) is 0 Å². The lowest BCUT2D eigenvalue weighted by atomic mass is 9.99. The zero-order valence-electron chi connectivity index (χ0n) is 13.1. The second-order valence-electron chi connectivity index (χ2n) is 5.29. The molecule has 0 aromatic heterocycles. The van der Waals surface area contributed by atoms with Gasteiger partial charge in [-0.1, -0.05) is 55.0 Å². The van der Waals surface area contributed by atoms with Crippen LogP contribution in [0, 0.1) is 18.3 Å². The lowest BCUT2D eigenvalue weighted by Gasteiger charge is -2.16. The van der Waals surface area contributed by atoms with Crippen LogP contribution >= 0.6 is 15.9 Å². The Labute approximate surface area is 137 Å². The fourth-order valence-electron chi connectivity index (χ4n) is 2.30. The van der Waals surface area contributed by atoms with Gasteiger partial charge in [-0.2, -0.15) is 0 Å². The Morgan fingerprint density at radius 1 is 1.38 bits per heavy atom. The topological polar surface area (TPSA) is 21.3 Å². The van der Waals surface area contributed by atoms with Crippen LogP contribution in [0.25, 0.3) is 0 Å². The third kappa shape index (κ3) is 7.02. The van der Waals surface area contributed by atoms with Crippen LogP contribution < -0.4 is 10.1 Å². The molecule has 0 aliphatic heterocycles. The van der Waals surface area contributed by atoms with Crippen LogP contribution in [0.15, 0.2) is 22.7 Å². The summed E-state index contributed by atoms with van der Waals surface area (Å²) in [6.45, 7) is 6.68. The Morgan fingerprint density at radius 2 is 2.19 bits per heavy atom. The summed E-state index contributed by atoms with van der Waals surface area (Å²) < 4.78 is 6.65. The molecule has 0 saturated heterocycles. The lowest BCUT2D eigenvalue weighted by Crippen LogP contribution is -2.22. The average Bonchev–Trinajstić information content (AvgIpc) is 2.49. The smallest absolute Gasteiger partial charge is 0.148 e. The van der Waals surface area contributed by atoms with Crippen molar-refractivity contribution in [3.05, 3.63) is 28.2 Å². The molecule has 0 spiro atoms. The van der Waals surface area contributed by atoms with E-state index in [0.29, 0.717) is 6.61 Å². The minimum absolute atomic E-state index is 0.308. The first-order chi connectivity index (χ1) is 10.2. The molecular weight excluding hydrogens is 326 g/mol. The van der Waals surface area contributed by atoms with Gasteiger partial charge in [0.25, 0.3) is 0 Å². The molecule has 0 bridgehead atoms. The van der Waals surface area contributed by atoms with E-state index in [0.717, 1.165) is 34.8 Å². The number of hydrogen-bond acceptors (Lipinski definition) is 2. The van der Waals surface area contributed by atoms with Gasteiger partial charge in [-0.25, -0.2) is 0 Å². The SMILES string of the molecule is C#CCOc1ccc(Br)cc1CNCC(CC)CCCC. The third-order valence-corrected chi connectivity index (χ3v) is 4.12. The fourth-order valence-corrected chi connectivity index (χ4v) is 2.71. The predicted octanol–water partition coefficient (Wildman–Crippen LogP) is 4.77. The van der Waals surface area contributed by atoms with Crippen molar-refractivity contribution in [3.63, 3.8) is 0 Å². The number of nitrogens with one attached hydrogen (secondary N) is 1. The van der Waals surface area contributed by atoms with E-state index in [9.17, 15) is 0 Å². The first-order valence-corrected chi connectivity index (χ1v) is 8.55. The van der Waals surface area contributed by atoms with E-state index in [2.05, 4.69) is 47.1 Å². The molecule has 1 N–H and O–H groups in total. The van der Waals surface area contributed by atoms with Crippen molar-refractivity contribution in [1.29, 1.82) is 0 Å². The molecule has 0 heterocycles. The summed E-state index contributed by atoms with van der Waals surface area (Å²) in [5.74, 6) is 4.13. The highest BCUT2D eigenvalue weighted by molar-refractivity contribution is 9.10. The van der Waals surface area contributed by atoms with Gasteiger partial charge in [0.05, 0.1) is 0 Å². The number of hydrogen-bond donors (Lipinski definition) is 1. The first kappa shape index (κ1) is 18.1. The molecular formula is C18H26BrNO. The van der Waals surface area contributed by atoms with Crippen LogP contribution in [0.3, 0.4) is 0 Å². The molecule has 0 radical (unpaired) electrons. The Kier molecular flexibility index (Phi) is 9.21. The Balaban J connectivity index is 2.53. The molecule has 1 aromatic carbocycles. The maximum atomic E-state index is 5.59. The number of ether oxygens (including phenoxy) is 1. The van der Waals surface area contributed by atoms with E-state index in [1.807, 2.05) is 12.1 Å². The third-order valence-electron chi connectivity index (χ3n) is 3.63. The van der Waals surface area contributed by atoms with Crippen LogP contribution in [0.1, 0.15) is 45.1 Å². The van der Waals surface area contributed by atoms with Crippen LogP contribution in [0.4, 0.5) is 0 Å². The van der Waals surface area contributed by atoms with Crippen molar-refractivity contribution in [2.75, 3.05) is 13.2 Å². The number of terminal acetylenes is 1. The van der Waals surface area contributed by atoms with Crippen molar-refractivity contribution in [2.45, 2.75) is 46.1 Å². The fraction of sp³-hybridized carbons (Fsp3) is 0.556. The van der Waals surface area contributed by atoms with Gasteiger partial charge in [0.2, 0.25) is 0 Å². The van der Waals surface area contributed by atoms with Gasteiger partial charge in [0, 0.05) is 16.6 Å². The van der Waals surface area contributed by atoms with E-state index < -0.39 is 0 Å². The van der Waals surface area contributed by atoms with Crippen molar-refractivity contribution >= 4 is 15.9 Å². The van der Waals surface area contributed by atoms with Crippen molar-refractivity contribution in [2.24, 2.45) is 5.92 Å². The molecule has 0 fully saturated rings. The zero-order chi connectivity index (χ0) is 15.5. The summed E-state index contributed by atoms with van der Waals surface area (Å²) in [5, 5.41) is 3.55. The summed E-state index contributed by atoms with van der Waals surface area (Å²) in [5.41, 5.74) is 1.14. The number of unbranched alkanes of at least 4 members (excludes halogenated alkanes) is 1. The Bertz CT molecular complexity index is 453. The van der Waals surface area contributed by atoms with Crippen LogP contribution in [-0.4, -0.2) is 13.2 Å². The molecule has 116 valence electrons. The van der Waals surface area contributed by atoms with Gasteiger partial charge in [-0.05, 0) is 37.1 Å². The monoisotopic (exact) mass is 351 g/mol. The van der Waals surface area contributed by atoms with E-state index in [-0.39, 0.29) is 0 Å². The molecule has 2 nitrogen and oxygen atoms in total. The van der Waals surface area contributed by atoms with Gasteiger partial charge in [-0.15, -0.1) is 6.42 Å². The maximum Gasteiger partial charge on any atom is 0.148 e. The van der Waals surface area contributed by atoms with Crippen LogP contribution in [0.2, 0.25) is 0 Å². The molecule has 0 amide bonds. The van der Waals surface area contributed by atoms with Gasteiger partial charge in [0.1, 0.15) is 12.4 Å². The average molecular weight is 352 g/mol. The lowest BCUT2D eigenvalue weighted by molar-refractivity contribution is 0.362. The predicted molar refractivity (Wildman–Crippen MR) is 93.5 cm³/mol. The minimum atomic E-state index is 0.308. The van der Waals surface area contributed by atoms with Gasteiger partial charge in [-0.3, -0.25) is 0 Å². The minimum Gasteiger partial charge on any atom is -0.481 e. The van der Waals surface area contributed by atoms with E-state index >= 15 is 0 Å².